The zero-order valence-electron chi connectivity index (χ0n) is 15.5. The molecule has 0 aliphatic carbocycles. The molecule has 1 atom stereocenters. The fourth-order valence-electron chi connectivity index (χ4n) is 3.95. The second-order valence-corrected chi connectivity index (χ2v) is 7.34. The van der Waals surface area contributed by atoms with Gasteiger partial charge in [0.15, 0.2) is 5.65 Å². The molecule has 0 amide bonds. The van der Waals surface area contributed by atoms with Crippen molar-refractivity contribution in [2.24, 2.45) is 0 Å². The molecule has 0 radical (unpaired) electrons. The van der Waals surface area contributed by atoms with Gasteiger partial charge in [-0.25, -0.2) is 9.50 Å². The Bertz CT molecular complexity index is 891. The standard InChI is InChI=1S/C20H25N5O2/c1-2-14-26-17(3-1)18-5-4-16(27-18)15-23-10-12-24(13-11-23)20-7-6-19-21-8-9-25(19)22-20/h4-9,17H,1-3,10-15H2/t17-/m1/s1. The van der Waals surface area contributed by atoms with Gasteiger partial charge < -0.3 is 14.1 Å². The molecule has 0 spiro atoms. The van der Waals surface area contributed by atoms with Crippen LogP contribution in [0.2, 0.25) is 0 Å². The first-order valence-corrected chi connectivity index (χ1v) is 9.83. The van der Waals surface area contributed by atoms with Crippen molar-refractivity contribution in [3.63, 3.8) is 0 Å². The summed E-state index contributed by atoms with van der Waals surface area (Å²) in [6.45, 7) is 5.63. The van der Waals surface area contributed by atoms with Gasteiger partial charge in [0.2, 0.25) is 0 Å². The molecular formula is C20H25N5O2. The van der Waals surface area contributed by atoms with Crippen LogP contribution in [0.3, 0.4) is 0 Å². The zero-order chi connectivity index (χ0) is 18.1. The van der Waals surface area contributed by atoms with E-state index < -0.39 is 0 Å². The van der Waals surface area contributed by atoms with Crippen LogP contribution in [0.4, 0.5) is 5.82 Å². The van der Waals surface area contributed by atoms with Crippen molar-refractivity contribution in [2.75, 3.05) is 37.7 Å². The van der Waals surface area contributed by atoms with Crippen LogP contribution in [0.25, 0.3) is 5.65 Å². The van der Waals surface area contributed by atoms with Crippen molar-refractivity contribution in [1.82, 2.24) is 19.5 Å². The number of rotatable bonds is 4. The Labute approximate surface area is 158 Å². The largest absolute Gasteiger partial charge is 0.462 e. The van der Waals surface area contributed by atoms with E-state index in [1.54, 1.807) is 6.20 Å². The summed E-state index contributed by atoms with van der Waals surface area (Å²) < 4.78 is 13.7. The zero-order valence-corrected chi connectivity index (χ0v) is 15.5. The Kier molecular flexibility index (Phi) is 4.55. The average Bonchev–Trinajstić information content (AvgIpc) is 3.38. The van der Waals surface area contributed by atoms with E-state index in [1.807, 2.05) is 16.8 Å². The molecule has 3 aromatic heterocycles. The lowest BCUT2D eigenvalue weighted by Gasteiger charge is -2.34. The van der Waals surface area contributed by atoms with Crippen molar-refractivity contribution in [1.29, 1.82) is 0 Å². The second-order valence-electron chi connectivity index (χ2n) is 7.34. The van der Waals surface area contributed by atoms with Crippen LogP contribution in [-0.4, -0.2) is 52.3 Å². The third-order valence-corrected chi connectivity index (χ3v) is 5.50. The van der Waals surface area contributed by atoms with Gasteiger partial charge >= 0.3 is 0 Å². The number of aromatic nitrogens is 3. The van der Waals surface area contributed by atoms with Crippen molar-refractivity contribution in [3.05, 3.63) is 48.2 Å². The molecule has 2 saturated heterocycles. The summed E-state index contributed by atoms with van der Waals surface area (Å²) in [5.74, 6) is 3.03. The molecule has 27 heavy (non-hydrogen) atoms. The highest BCUT2D eigenvalue weighted by atomic mass is 16.5. The molecule has 0 saturated carbocycles. The molecule has 2 aliphatic rings. The van der Waals surface area contributed by atoms with Crippen LogP contribution < -0.4 is 4.90 Å². The van der Waals surface area contributed by atoms with Crippen molar-refractivity contribution < 1.29 is 9.15 Å². The Balaban J connectivity index is 1.18. The van der Waals surface area contributed by atoms with E-state index in [0.717, 1.165) is 75.2 Å². The van der Waals surface area contributed by atoms with Gasteiger partial charge in [0.1, 0.15) is 23.4 Å². The third-order valence-electron chi connectivity index (χ3n) is 5.50. The first-order valence-electron chi connectivity index (χ1n) is 9.83. The van der Waals surface area contributed by atoms with Crippen LogP contribution in [-0.2, 0) is 11.3 Å². The highest BCUT2D eigenvalue weighted by molar-refractivity contribution is 5.46. The molecule has 0 unspecified atom stereocenters. The first kappa shape index (κ1) is 16.8. The summed E-state index contributed by atoms with van der Waals surface area (Å²) in [4.78, 5) is 9.03. The third kappa shape index (κ3) is 3.57. The van der Waals surface area contributed by atoms with E-state index in [9.17, 15) is 0 Å². The summed E-state index contributed by atoms with van der Waals surface area (Å²) >= 11 is 0. The summed E-state index contributed by atoms with van der Waals surface area (Å²) in [7, 11) is 0. The number of fused-ring (bicyclic) bond motifs is 1. The van der Waals surface area contributed by atoms with Gasteiger partial charge in [0, 0.05) is 45.2 Å². The van der Waals surface area contributed by atoms with Gasteiger partial charge in [-0.15, -0.1) is 5.10 Å². The normalized spacial score (nSPS) is 21.8. The summed E-state index contributed by atoms with van der Waals surface area (Å²) in [5, 5.41) is 4.65. The van der Waals surface area contributed by atoms with Gasteiger partial charge in [0.25, 0.3) is 0 Å². The monoisotopic (exact) mass is 367 g/mol. The molecule has 0 aromatic carbocycles. The highest BCUT2D eigenvalue weighted by Gasteiger charge is 2.22. The summed E-state index contributed by atoms with van der Waals surface area (Å²) in [6, 6.07) is 8.27. The molecule has 3 aromatic rings. The maximum atomic E-state index is 6.07. The van der Waals surface area contributed by atoms with E-state index >= 15 is 0 Å². The van der Waals surface area contributed by atoms with E-state index in [-0.39, 0.29) is 6.10 Å². The van der Waals surface area contributed by atoms with E-state index in [1.165, 1.54) is 6.42 Å². The number of imidazole rings is 1. The number of piperazine rings is 1. The van der Waals surface area contributed by atoms with Gasteiger partial charge in [-0.2, -0.15) is 0 Å². The number of hydrogen-bond donors (Lipinski definition) is 0. The predicted molar refractivity (Wildman–Crippen MR) is 102 cm³/mol. The molecule has 0 bridgehead atoms. The van der Waals surface area contributed by atoms with E-state index in [0.29, 0.717) is 0 Å². The minimum atomic E-state index is 0.147. The molecule has 7 heteroatoms. The molecule has 5 heterocycles. The Morgan fingerprint density at radius 2 is 1.96 bits per heavy atom. The van der Waals surface area contributed by atoms with Crippen LogP contribution >= 0.6 is 0 Å². The molecule has 7 nitrogen and oxygen atoms in total. The first-order chi connectivity index (χ1) is 13.3. The second kappa shape index (κ2) is 7.32. The SMILES string of the molecule is c1cn2nc(N3CCN(Cc4ccc([C@H]5CCCCO5)o4)CC3)ccc2n1. The van der Waals surface area contributed by atoms with Crippen molar-refractivity contribution in [3.8, 4) is 0 Å². The topological polar surface area (TPSA) is 59.0 Å². The van der Waals surface area contributed by atoms with Crippen molar-refractivity contribution >= 4 is 11.5 Å². The summed E-state index contributed by atoms with van der Waals surface area (Å²) in [6.07, 6.45) is 7.27. The molecule has 142 valence electrons. The number of nitrogens with zero attached hydrogens (tertiary/aromatic N) is 5. The van der Waals surface area contributed by atoms with Crippen LogP contribution in [0.15, 0.2) is 41.1 Å². The Morgan fingerprint density at radius 3 is 2.81 bits per heavy atom. The van der Waals surface area contributed by atoms with Crippen LogP contribution in [0, 0.1) is 0 Å². The number of ether oxygens (including phenoxy) is 1. The minimum absolute atomic E-state index is 0.147. The fraction of sp³-hybridized carbons (Fsp3) is 0.500. The molecular weight excluding hydrogens is 342 g/mol. The van der Waals surface area contributed by atoms with Gasteiger partial charge in [-0.3, -0.25) is 4.90 Å². The van der Waals surface area contributed by atoms with Crippen LogP contribution in [0.1, 0.15) is 36.9 Å². The van der Waals surface area contributed by atoms with E-state index in [4.69, 9.17) is 9.15 Å². The average molecular weight is 367 g/mol. The minimum Gasteiger partial charge on any atom is -0.462 e. The smallest absolute Gasteiger partial charge is 0.153 e. The Hall–Kier alpha value is -2.38. The predicted octanol–water partition coefficient (Wildman–Crippen LogP) is 2.89. The maximum Gasteiger partial charge on any atom is 0.153 e. The lowest BCUT2D eigenvalue weighted by atomic mass is 10.1. The molecule has 5 rings (SSSR count). The van der Waals surface area contributed by atoms with E-state index in [2.05, 4.69) is 38.1 Å². The highest BCUT2D eigenvalue weighted by Crippen LogP contribution is 2.29. The van der Waals surface area contributed by atoms with Gasteiger partial charge in [0.05, 0.1) is 6.54 Å². The molecule has 0 N–H and O–H groups in total. The number of furan rings is 1. The number of anilines is 1. The van der Waals surface area contributed by atoms with Crippen molar-refractivity contribution in [2.45, 2.75) is 31.9 Å². The lowest BCUT2D eigenvalue weighted by Crippen LogP contribution is -2.46. The number of hydrogen-bond acceptors (Lipinski definition) is 6. The fourth-order valence-corrected chi connectivity index (χ4v) is 3.95. The quantitative estimate of drug-likeness (QED) is 0.707. The maximum absolute atomic E-state index is 6.07. The van der Waals surface area contributed by atoms with Crippen LogP contribution in [0.5, 0.6) is 0 Å². The Morgan fingerprint density at radius 1 is 1.04 bits per heavy atom. The lowest BCUT2D eigenvalue weighted by molar-refractivity contribution is 0.000833. The molecule has 2 fully saturated rings. The molecule has 2 aliphatic heterocycles. The van der Waals surface area contributed by atoms with Gasteiger partial charge in [-0.05, 0) is 43.5 Å². The summed E-state index contributed by atoms with van der Waals surface area (Å²) in [5.41, 5.74) is 0.882. The van der Waals surface area contributed by atoms with Gasteiger partial charge in [-0.1, -0.05) is 0 Å².